The fourth-order valence-corrected chi connectivity index (χ4v) is 2.90. The van der Waals surface area contributed by atoms with Crippen LogP contribution in [0.1, 0.15) is 16.8 Å². The van der Waals surface area contributed by atoms with Gasteiger partial charge in [0.2, 0.25) is 5.91 Å². The number of aromatic nitrogens is 2. The number of nitrogens with two attached hydrogens (primary N) is 1. The molecule has 8 nitrogen and oxygen atoms in total. The third kappa shape index (κ3) is 6.18. The molecular weight excluding hydrogens is 384 g/mol. The molecule has 0 saturated carbocycles. The first-order chi connectivity index (χ1) is 14.5. The zero-order chi connectivity index (χ0) is 21.3. The highest BCUT2D eigenvalue weighted by molar-refractivity contribution is 5.87. The molecule has 0 spiro atoms. The van der Waals surface area contributed by atoms with Gasteiger partial charge in [0.25, 0.3) is 0 Å². The molecule has 156 valence electrons. The molecule has 0 saturated heterocycles. The lowest BCUT2D eigenvalue weighted by Gasteiger charge is -2.17. The van der Waals surface area contributed by atoms with Gasteiger partial charge in [-0.05, 0) is 29.7 Å². The zero-order valence-electron chi connectivity index (χ0n) is 16.3. The van der Waals surface area contributed by atoms with Crippen molar-refractivity contribution in [2.24, 2.45) is 5.73 Å². The highest BCUT2D eigenvalue weighted by atomic mass is 16.5. The molecule has 2 atom stereocenters. The molecule has 1 heterocycles. The first-order valence-electron chi connectivity index (χ1n) is 9.53. The van der Waals surface area contributed by atoms with Crippen LogP contribution < -0.4 is 15.8 Å². The molecule has 8 heteroatoms. The SMILES string of the molecule is N[C@H](Cc1ccc(OCc2ccccc2)cc1)C(=O)N[C@H](Cc1cnc[nH]1)C(=O)O. The van der Waals surface area contributed by atoms with Gasteiger partial charge in [-0.2, -0.15) is 0 Å². The maximum absolute atomic E-state index is 12.4. The van der Waals surface area contributed by atoms with E-state index < -0.39 is 24.0 Å². The third-order valence-electron chi connectivity index (χ3n) is 4.56. The quantitative estimate of drug-likeness (QED) is 0.404. The second-order valence-electron chi connectivity index (χ2n) is 6.91. The summed E-state index contributed by atoms with van der Waals surface area (Å²) in [6.07, 6.45) is 3.35. The Hall–Kier alpha value is -3.65. The van der Waals surface area contributed by atoms with Crippen molar-refractivity contribution in [3.63, 3.8) is 0 Å². The monoisotopic (exact) mass is 408 g/mol. The van der Waals surface area contributed by atoms with E-state index in [0.717, 1.165) is 11.1 Å². The molecule has 1 aromatic heterocycles. The predicted molar refractivity (Wildman–Crippen MR) is 111 cm³/mol. The summed E-state index contributed by atoms with van der Waals surface area (Å²) in [5.74, 6) is -0.942. The molecule has 3 aromatic rings. The molecule has 0 aliphatic carbocycles. The third-order valence-corrected chi connectivity index (χ3v) is 4.56. The van der Waals surface area contributed by atoms with Crippen LogP contribution in [0.2, 0.25) is 0 Å². The van der Waals surface area contributed by atoms with Crippen LogP contribution in [0, 0.1) is 0 Å². The minimum absolute atomic E-state index is 0.0985. The molecule has 0 fully saturated rings. The number of aromatic amines is 1. The van der Waals surface area contributed by atoms with E-state index in [-0.39, 0.29) is 12.8 Å². The lowest BCUT2D eigenvalue weighted by molar-refractivity contribution is -0.142. The number of amides is 1. The van der Waals surface area contributed by atoms with Crippen molar-refractivity contribution < 1.29 is 19.4 Å². The average Bonchev–Trinajstić information content (AvgIpc) is 3.26. The Kier molecular flexibility index (Phi) is 7.18. The fraction of sp³-hybridized carbons (Fsp3) is 0.227. The van der Waals surface area contributed by atoms with Crippen molar-refractivity contribution in [3.05, 3.63) is 83.9 Å². The number of hydrogen-bond donors (Lipinski definition) is 4. The number of carbonyl (C=O) groups is 2. The molecule has 2 aromatic carbocycles. The lowest BCUT2D eigenvalue weighted by atomic mass is 10.0. The number of nitrogens with zero attached hydrogens (tertiary/aromatic N) is 1. The normalized spacial score (nSPS) is 12.7. The highest BCUT2D eigenvalue weighted by Crippen LogP contribution is 2.15. The van der Waals surface area contributed by atoms with Crippen LogP contribution in [0.3, 0.4) is 0 Å². The highest BCUT2D eigenvalue weighted by Gasteiger charge is 2.24. The van der Waals surface area contributed by atoms with E-state index in [9.17, 15) is 14.7 Å². The Bertz CT molecular complexity index is 943. The molecule has 1 amide bonds. The molecular formula is C22H24N4O4. The summed E-state index contributed by atoms with van der Waals surface area (Å²) in [5, 5.41) is 11.8. The summed E-state index contributed by atoms with van der Waals surface area (Å²) in [4.78, 5) is 30.5. The number of carboxylic acid groups (broad SMARTS) is 1. The van der Waals surface area contributed by atoms with E-state index >= 15 is 0 Å². The number of H-pyrrole nitrogens is 1. The molecule has 30 heavy (non-hydrogen) atoms. The van der Waals surface area contributed by atoms with Crippen molar-refractivity contribution in [2.45, 2.75) is 31.5 Å². The smallest absolute Gasteiger partial charge is 0.326 e. The number of ether oxygens (including phenoxy) is 1. The Morgan fingerprint density at radius 2 is 1.80 bits per heavy atom. The van der Waals surface area contributed by atoms with E-state index in [0.29, 0.717) is 18.1 Å². The van der Waals surface area contributed by atoms with Crippen molar-refractivity contribution in [1.29, 1.82) is 0 Å². The molecule has 0 bridgehead atoms. The number of carbonyl (C=O) groups excluding carboxylic acids is 1. The van der Waals surface area contributed by atoms with Crippen LogP contribution in [-0.2, 0) is 29.0 Å². The summed E-state index contributed by atoms with van der Waals surface area (Å²) in [6.45, 7) is 0.467. The van der Waals surface area contributed by atoms with Gasteiger partial charge in [-0.1, -0.05) is 42.5 Å². The number of aliphatic carboxylic acids is 1. The van der Waals surface area contributed by atoms with Gasteiger partial charge in [-0.3, -0.25) is 4.79 Å². The summed E-state index contributed by atoms with van der Waals surface area (Å²) >= 11 is 0. The number of nitrogens with one attached hydrogen (secondary N) is 2. The van der Waals surface area contributed by atoms with Gasteiger partial charge >= 0.3 is 5.97 Å². The summed E-state index contributed by atoms with van der Waals surface area (Å²) in [6, 6.07) is 15.2. The van der Waals surface area contributed by atoms with Crippen molar-refractivity contribution in [2.75, 3.05) is 0 Å². The van der Waals surface area contributed by atoms with Gasteiger partial charge in [-0.25, -0.2) is 9.78 Å². The van der Waals surface area contributed by atoms with Crippen LogP contribution in [0.25, 0.3) is 0 Å². The van der Waals surface area contributed by atoms with Crippen molar-refractivity contribution >= 4 is 11.9 Å². The van der Waals surface area contributed by atoms with Gasteiger partial charge in [-0.15, -0.1) is 0 Å². The topological polar surface area (TPSA) is 130 Å². The van der Waals surface area contributed by atoms with Gasteiger partial charge in [0.1, 0.15) is 18.4 Å². The second-order valence-corrected chi connectivity index (χ2v) is 6.91. The first-order valence-corrected chi connectivity index (χ1v) is 9.53. The van der Waals surface area contributed by atoms with Gasteiger partial charge in [0.05, 0.1) is 12.4 Å². The molecule has 0 aliphatic heterocycles. The molecule has 5 N–H and O–H groups in total. The van der Waals surface area contributed by atoms with E-state index in [4.69, 9.17) is 10.5 Å². The van der Waals surface area contributed by atoms with Crippen LogP contribution in [0.5, 0.6) is 5.75 Å². The van der Waals surface area contributed by atoms with E-state index in [1.165, 1.54) is 12.5 Å². The number of imidazole rings is 1. The second kappa shape index (κ2) is 10.2. The Balaban J connectivity index is 1.50. The van der Waals surface area contributed by atoms with Crippen molar-refractivity contribution in [1.82, 2.24) is 15.3 Å². The minimum atomic E-state index is -1.13. The van der Waals surface area contributed by atoms with Gasteiger partial charge in [0.15, 0.2) is 0 Å². The van der Waals surface area contributed by atoms with Crippen LogP contribution in [0.4, 0.5) is 0 Å². The van der Waals surface area contributed by atoms with E-state index in [1.54, 1.807) is 0 Å². The van der Waals surface area contributed by atoms with Crippen LogP contribution >= 0.6 is 0 Å². The fourth-order valence-electron chi connectivity index (χ4n) is 2.90. The number of carboxylic acids is 1. The lowest BCUT2D eigenvalue weighted by Crippen LogP contribution is -2.50. The van der Waals surface area contributed by atoms with Crippen LogP contribution in [-0.4, -0.2) is 39.0 Å². The Labute approximate surface area is 174 Å². The summed E-state index contributed by atoms with van der Waals surface area (Å²) in [7, 11) is 0. The first kappa shape index (κ1) is 21.1. The molecule has 0 aliphatic rings. The molecule has 0 radical (unpaired) electrons. The number of rotatable bonds is 10. The van der Waals surface area contributed by atoms with Gasteiger partial charge in [0, 0.05) is 18.3 Å². The van der Waals surface area contributed by atoms with E-state index in [2.05, 4.69) is 15.3 Å². The maximum atomic E-state index is 12.4. The molecule has 3 rings (SSSR count). The average molecular weight is 408 g/mol. The van der Waals surface area contributed by atoms with E-state index in [1.807, 2.05) is 54.6 Å². The predicted octanol–water partition coefficient (Wildman–Crippen LogP) is 1.67. The summed E-state index contributed by atoms with van der Waals surface area (Å²) in [5.41, 5.74) is 8.53. The minimum Gasteiger partial charge on any atom is -0.489 e. The zero-order valence-corrected chi connectivity index (χ0v) is 16.3. The maximum Gasteiger partial charge on any atom is 0.326 e. The number of benzene rings is 2. The largest absolute Gasteiger partial charge is 0.489 e. The van der Waals surface area contributed by atoms with Gasteiger partial charge < -0.3 is 25.9 Å². The van der Waals surface area contributed by atoms with Crippen molar-refractivity contribution in [3.8, 4) is 5.75 Å². The Morgan fingerprint density at radius 3 is 2.43 bits per heavy atom. The summed E-state index contributed by atoms with van der Waals surface area (Å²) < 4.78 is 5.74. The standard InChI is InChI=1S/C22H24N4O4/c23-19(21(27)26-20(22(28)29)11-17-12-24-14-25-17)10-15-6-8-18(9-7-15)30-13-16-4-2-1-3-5-16/h1-9,12,14,19-20H,10-11,13,23H2,(H,24,25)(H,26,27)(H,28,29)/t19-,20-/m1/s1. The molecule has 0 unspecified atom stereocenters. The Morgan fingerprint density at radius 1 is 1.07 bits per heavy atom. The number of hydrogen-bond acceptors (Lipinski definition) is 5. The van der Waals surface area contributed by atoms with Crippen LogP contribution in [0.15, 0.2) is 67.1 Å².